The van der Waals surface area contributed by atoms with Gasteiger partial charge in [-0.3, -0.25) is 0 Å². The van der Waals surface area contributed by atoms with Crippen molar-refractivity contribution < 1.29 is 9.13 Å². The van der Waals surface area contributed by atoms with Crippen LogP contribution in [0.2, 0.25) is 0 Å². The maximum atomic E-state index is 13.4. The Hall–Kier alpha value is -1.39. The topological polar surface area (TPSA) is 21.3 Å². The van der Waals surface area contributed by atoms with Crippen molar-refractivity contribution in [3.05, 3.63) is 63.4 Å². The van der Waals surface area contributed by atoms with Crippen LogP contribution in [0.5, 0.6) is 5.75 Å². The molecule has 1 aliphatic heterocycles. The van der Waals surface area contributed by atoms with Gasteiger partial charge in [0.1, 0.15) is 11.6 Å². The Morgan fingerprint density at radius 1 is 1.20 bits per heavy atom. The van der Waals surface area contributed by atoms with E-state index in [1.54, 1.807) is 0 Å². The standard InChI is InChI=1S/C16H15BrFNO/c1-19-16(12-2-4-14(18)13(17)9-12)11-3-5-15-10(8-11)6-7-20-15/h2-5,8-9,16,19H,6-7H2,1H3. The number of hydrogen-bond acceptors (Lipinski definition) is 2. The van der Waals surface area contributed by atoms with Gasteiger partial charge in [-0.15, -0.1) is 0 Å². The highest BCUT2D eigenvalue weighted by Crippen LogP contribution is 2.31. The third-order valence-corrected chi connectivity index (χ3v) is 4.22. The summed E-state index contributed by atoms with van der Waals surface area (Å²) < 4.78 is 19.4. The van der Waals surface area contributed by atoms with E-state index in [1.165, 1.54) is 11.6 Å². The van der Waals surface area contributed by atoms with E-state index in [9.17, 15) is 4.39 Å². The quantitative estimate of drug-likeness (QED) is 0.920. The monoisotopic (exact) mass is 335 g/mol. The van der Waals surface area contributed by atoms with E-state index >= 15 is 0 Å². The van der Waals surface area contributed by atoms with Crippen molar-refractivity contribution in [3.63, 3.8) is 0 Å². The van der Waals surface area contributed by atoms with E-state index in [2.05, 4.69) is 33.4 Å². The number of ether oxygens (including phenoxy) is 1. The molecule has 4 heteroatoms. The van der Waals surface area contributed by atoms with E-state index < -0.39 is 0 Å². The lowest BCUT2D eigenvalue weighted by atomic mass is 9.96. The molecule has 0 bridgehead atoms. The number of nitrogens with one attached hydrogen (secondary N) is 1. The molecule has 1 unspecified atom stereocenters. The second kappa shape index (κ2) is 5.54. The summed E-state index contributed by atoms with van der Waals surface area (Å²) in [5, 5.41) is 3.29. The van der Waals surface area contributed by atoms with Crippen molar-refractivity contribution in [2.24, 2.45) is 0 Å². The van der Waals surface area contributed by atoms with Gasteiger partial charge in [-0.25, -0.2) is 4.39 Å². The van der Waals surface area contributed by atoms with Crippen LogP contribution in [-0.2, 0) is 6.42 Å². The predicted molar refractivity (Wildman–Crippen MR) is 80.6 cm³/mol. The zero-order valence-electron chi connectivity index (χ0n) is 11.1. The maximum absolute atomic E-state index is 13.4. The van der Waals surface area contributed by atoms with Crippen LogP contribution in [0, 0.1) is 5.82 Å². The molecule has 0 saturated carbocycles. The molecule has 1 heterocycles. The van der Waals surface area contributed by atoms with Crippen LogP contribution in [-0.4, -0.2) is 13.7 Å². The van der Waals surface area contributed by atoms with Gasteiger partial charge < -0.3 is 10.1 Å². The van der Waals surface area contributed by atoms with Crippen LogP contribution in [0.4, 0.5) is 4.39 Å². The van der Waals surface area contributed by atoms with Crippen molar-refractivity contribution >= 4 is 15.9 Å². The minimum atomic E-state index is -0.244. The first-order valence-corrected chi connectivity index (χ1v) is 7.36. The summed E-state index contributed by atoms with van der Waals surface area (Å²) in [4.78, 5) is 0. The summed E-state index contributed by atoms with van der Waals surface area (Å²) in [6.45, 7) is 0.755. The Balaban J connectivity index is 1.98. The van der Waals surface area contributed by atoms with E-state index in [0.29, 0.717) is 4.47 Å². The molecule has 2 aromatic rings. The van der Waals surface area contributed by atoms with Gasteiger partial charge in [0.25, 0.3) is 0 Å². The largest absolute Gasteiger partial charge is 0.493 e. The van der Waals surface area contributed by atoms with Crippen molar-refractivity contribution in [2.75, 3.05) is 13.7 Å². The van der Waals surface area contributed by atoms with E-state index in [0.717, 1.165) is 29.9 Å². The molecule has 2 aromatic carbocycles. The lowest BCUT2D eigenvalue weighted by Gasteiger charge is -2.18. The van der Waals surface area contributed by atoms with Gasteiger partial charge in [0.2, 0.25) is 0 Å². The second-order valence-corrected chi connectivity index (χ2v) is 5.72. The SMILES string of the molecule is CNC(c1ccc(F)c(Br)c1)c1ccc2c(c1)CCO2. The lowest BCUT2D eigenvalue weighted by molar-refractivity contribution is 0.357. The summed E-state index contributed by atoms with van der Waals surface area (Å²) in [5.41, 5.74) is 3.43. The van der Waals surface area contributed by atoms with E-state index in [4.69, 9.17) is 4.74 Å². The zero-order valence-corrected chi connectivity index (χ0v) is 12.7. The van der Waals surface area contributed by atoms with Gasteiger partial charge in [-0.2, -0.15) is 0 Å². The van der Waals surface area contributed by atoms with Crippen LogP contribution >= 0.6 is 15.9 Å². The first kappa shape index (κ1) is 13.6. The molecule has 0 amide bonds. The molecule has 1 N–H and O–H groups in total. The molecular formula is C16H15BrFNO. The Morgan fingerprint density at radius 3 is 2.70 bits per heavy atom. The van der Waals surface area contributed by atoms with Gasteiger partial charge >= 0.3 is 0 Å². The van der Waals surface area contributed by atoms with Crippen LogP contribution in [0.3, 0.4) is 0 Å². The van der Waals surface area contributed by atoms with Crippen molar-refractivity contribution in [2.45, 2.75) is 12.5 Å². The highest BCUT2D eigenvalue weighted by Gasteiger charge is 2.18. The molecule has 1 aliphatic rings. The van der Waals surface area contributed by atoms with Crippen LogP contribution in [0.1, 0.15) is 22.7 Å². The molecule has 104 valence electrons. The van der Waals surface area contributed by atoms with Gasteiger partial charge in [0.15, 0.2) is 0 Å². The summed E-state index contributed by atoms with van der Waals surface area (Å²) in [7, 11) is 1.91. The van der Waals surface area contributed by atoms with Crippen molar-refractivity contribution in [3.8, 4) is 5.75 Å². The van der Waals surface area contributed by atoms with Crippen LogP contribution < -0.4 is 10.1 Å². The average Bonchev–Trinajstić information content (AvgIpc) is 2.91. The summed E-state index contributed by atoms with van der Waals surface area (Å²) in [5.74, 6) is 0.731. The minimum absolute atomic E-state index is 0.0396. The summed E-state index contributed by atoms with van der Waals surface area (Å²) in [6, 6.07) is 11.4. The molecule has 3 rings (SSSR count). The molecule has 0 aliphatic carbocycles. The molecule has 0 spiro atoms. The van der Waals surface area contributed by atoms with E-state index in [1.807, 2.05) is 25.2 Å². The molecule has 20 heavy (non-hydrogen) atoms. The third-order valence-electron chi connectivity index (χ3n) is 3.61. The highest BCUT2D eigenvalue weighted by atomic mass is 79.9. The summed E-state index contributed by atoms with van der Waals surface area (Å²) >= 11 is 3.24. The fourth-order valence-electron chi connectivity index (χ4n) is 2.60. The van der Waals surface area contributed by atoms with Crippen molar-refractivity contribution in [1.29, 1.82) is 0 Å². The lowest BCUT2D eigenvalue weighted by Crippen LogP contribution is -2.17. The Bertz CT molecular complexity index is 644. The van der Waals surface area contributed by atoms with Crippen LogP contribution in [0.25, 0.3) is 0 Å². The minimum Gasteiger partial charge on any atom is -0.493 e. The fraction of sp³-hybridized carbons (Fsp3) is 0.250. The molecule has 1 atom stereocenters. The Kier molecular flexibility index (Phi) is 3.76. The number of halogens is 2. The summed E-state index contributed by atoms with van der Waals surface area (Å²) in [6.07, 6.45) is 0.951. The Labute approximate surface area is 126 Å². The maximum Gasteiger partial charge on any atom is 0.137 e. The highest BCUT2D eigenvalue weighted by molar-refractivity contribution is 9.10. The van der Waals surface area contributed by atoms with Gasteiger partial charge in [-0.05, 0) is 57.9 Å². The zero-order chi connectivity index (χ0) is 14.1. The average molecular weight is 336 g/mol. The number of hydrogen-bond donors (Lipinski definition) is 1. The molecule has 0 aromatic heterocycles. The fourth-order valence-corrected chi connectivity index (χ4v) is 3.00. The normalized spacial score (nSPS) is 14.8. The molecular weight excluding hydrogens is 321 g/mol. The molecule has 2 nitrogen and oxygen atoms in total. The van der Waals surface area contributed by atoms with Gasteiger partial charge in [-0.1, -0.05) is 18.2 Å². The molecule has 0 saturated heterocycles. The second-order valence-electron chi connectivity index (χ2n) is 4.86. The van der Waals surface area contributed by atoms with Gasteiger partial charge in [0, 0.05) is 6.42 Å². The third kappa shape index (κ3) is 2.45. The van der Waals surface area contributed by atoms with Crippen molar-refractivity contribution in [1.82, 2.24) is 5.32 Å². The Morgan fingerprint density at radius 2 is 1.95 bits per heavy atom. The number of fused-ring (bicyclic) bond motifs is 1. The predicted octanol–water partition coefficient (Wildman–Crippen LogP) is 3.83. The van der Waals surface area contributed by atoms with E-state index in [-0.39, 0.29) is 11.9 Å². The van der Waals surface area contributed by atoms with Crippen LogP contribution in [0.15, 0.2) is 40.9 Å². The first-order chi connectivity index (χ1) is 9.69. The first-order valence-electron chi connectivity index (χ1n) is 6.57. The molecule has 0 radical (unpaired) electrons. The smallest absolute Gasteiger partial charge is 0.137 e. The number of rotatable bonds is 3. The number of benzene rings is 2. The molecule has 0 fully saturated rings. The van der Waals surface area contributed by atoms with Gasteiger partial charge in [0.05, 0.1) is 17.1 Å².